The Balaban J connectivity index is 3.01. The fourth-order valence-corrected chi connectivity index (χ4v) is 2.62. The predicted molar refractivity (Wildman–Crippen MR) is 74.6 cm³/mol. The average molecular weight is 337 g/mol. The van der Waals surface area contributed by atoms with E-state index in [9.17, 15) is 13.5 Å². The zero-order valence-electron chi connectivity index (χ0n) is 10.6. The van der Waals surface area contributed by atoms with E-state index >= 15 is 0 Å². The van der Waals surface area contributed by atoms with Crippen molar-refractivity contribution in [2.24, 2.45) is 0 Å². The van der Waals surface area contributed by atoms with E-state index in [-0.39, 0.29) is 0 Å². The lowest BCUT2D eigenvalue weighted by molar-refractivity contribution is 0.176. The zero-order valence-corrected chi connectivity index (χ0v) is 13.0. The lowest BCUT2D eigenvalue weighted by Crippen LogP contribution is -2.24. The van der Waals surface area contributed by atoms with E-state index in [1.165, 1.54) is 6.92 Å². The second-order valence-electron chi connectivity index (χ2n) is 4.10. The molecule has 0 amide bonds. The van der Waals surface area contributed by atoms with Crippen molar-refractivity contribution in [3.05, 3.63) is 28.2 Å². The van der Waals surface area contributed by atoms with Gasteiger partial charge < -0.3 is 9.84 Å². The number of sulfone groups is 1. The van der Waals surface area contributed by atoms with Gasteiger partial charge in [0, 0.05) is 6.26 Å². The van der Waals surface area contributed by atoms with Crippen LogP contribution in [0.4, 0.5) is 0 Å². The minimum atomic E-state index is -3.28. The van der Waals surface area contributed by atoms with Gasteiger partial charge in [-0.1, -0.05) is 6.07 Å². The first-order valence-electron chi connectivity index (χ1n) is 5.56. The number of benzene rings is 1. The Morgan fingerprint density at radius 2 is 2.06 bits per heavy atom. The Morgan fingerprint density at radius 3 is 2.50 bits per heavy atom. The molecule has 2 atom stereocenters. The Labute approximate surface area is 116 Å². The van der Waals surface area contributed by atoms with Gasteiger partial charge in [0.15, 0.2) is 9.84 Å². The zero-order chi connectivity index (χ0) is 13.9. The molecule has 2 unspecified atom stereocenters. The molecule has 0 heterocycles. The summed E-state index contributed by atoms with van der Waals surface area (Å²) in [6.07, 6.45) is 0.0665. The van der Waals surface area contributed by atoms with Gasteiger partial charge in [-0.2, -0.15) is 0 Å². The number of rotatable bonds is 5. The van der Waals surface area contributed by atoms with Crippen molar-refractivity contribution in [3.8, 4) is 5.75 Å². The summed E-state index contributed by atoms with van der Waals surface area (Å²) < 4.78 is 28.9. The Kier molecular flexibility index (Phi) is 5.19. The van der Waals surface area contributed by atoms with Crippen LogP contribution >= 0.6 is 15.9 Å². The van der Waals surface area contributed by atoms with Gasteiger partial charge in [0.1, 0.15) is 5.75 Å². The largest absolute Gasteiger partial charge is 0.493 e. The molecule has 0 radical (unpaired) electrons. The standard InChI is InChI=1S/C12H17BrO4S/c1-4-17-11-6-5-9(7-10(11)13)12(14)8(2)18(3,15)16/h5-8,12,14H,4H2,1-3H3. The third kappa shape index (κ3) is 3.70. The third-order valence-corrected chi connectivity index (χ3v) is 4.95. The first kappa shape index (κ1) is 15.5. The highest BCUT2D eigenvalue weighted by atomic mass is 79.9. The summed E-state index contributed by atoms with van der Waals surface area (Å²) in [7, 11) is -3.28. The molecule has 0 saturated carbocycles. The third-order valence-electron chi connectivity index (χ3n) is 2.72. The van der Waals surface area contributed by atoms with Crippen molar-refractivity contribution in [1.82, 2.24) is 0 Å². The molecule has 1 N–H and O–H groups in total. The molecule has 4 nitrogen and oxygen atoms in total. The maximum atomic E-state index is 11.4. The van der Waals surface area contributed by atoms with Gasteiger partial charge in [0.2, 0.25) is 0 Å². The van der Waals surface area contributed by atoms with Crippen LogP contribution in [0.1, 0.15) is 25.5 Å². The molecule has 0 saturated heterocycles. The van der Waals surface area contributed by atoms with Gasteiger partial charge in [-0.05, 0) is 47.5 Å². The van der Waals surface area contributed by atoms with Crippen molar-refractivity contribution >= 4 is 25.8 Å². The quantitative estimate of drug-likeness (QED) is 0.896. The minimum Gasteiger partial charge on any atom is -0.493 e. The Bertz CT molecular complexity index is 513. The molecule has 6 heteroatoms. The van der Waals surface area contributed by atoms with Crippen molar-refractivity contribution in [2.75, 3.05) is 12.9 Å². The number of halogens is 1. The topological polar surface area (TPSA) is 63.6 Å². The van der Waals surface area contributed by atoms with E-state index in [4.69, 9.17) is 4.74 Å². The average Bonchev–Trinajstić information content (AvgIpc) is 2.29. The lowest BCUT2D eigenvalue weighted by atomic mass is 10.1. The maximum absolute atomic E-state index is 11.4. The molecule has 0 fully saturated rings. The smallest absolute Gasteiger partial charge is 0.152 e. The molecular formula is C12H17BrO4S. The van der Waals surface area contributed by atoms with Gasteiger partial charge in [0.25, 0.3) is 0 Å². The van der Waals surface area contributed by atoms with Gasteiger partial charge in [-0.25, -0.2) is 8.42 Å². The number of ether oxygens (including phenoxy) is 1. The van der Waals surface area contributed by atoms with Crippen molar-refractivity contribution in [2.45, 2.75) is 25.2 Å². The van der Waals surface area contributed by atoms with Crippen LogP contribution in [0.3, 0.4) is 0 Å². The molecule has 0 aliphatic carbocycles. The van der Waals surface area contributed by atoms with Gasteiger partial charge >= 0.3 is 0 Å². The van der Waals surface area contributed by atoms with Crippen LogP contribution in [0.5, 0.6) is 5.75 Å². The maximum Gasteiger partial charge on any atom is 0.152 e. The van der Waals surface area contributed by atoms with E-state index in [2.05, 4.69) is 15.9 Å². The first-order valence-corrected chi connectivity index (χ1v) is 8.31. The molecule has 1 aromatic rings. The van der Waals surface area contributed by atoms with Gasteiger partial charge in [-0.15, -0.1) is 0 Å². The molecular weight excluding hydrogens is 320 g/mol. The Morgan fingerprint density at radius 1 is 1.44 bits per heavy atom. The highest BCUT2D eigenvalue weighted by molar-refractivity contribution is 9.10. The highest BCUT2D eigenvalue weighted by Gasteiger charge is 2.25. The molecule has 1 rings (SSSR count). The van der Waals surface area contributed by atoms with Gasteiger partial charge in [0.05, 0.1) is 22.4 Å². The first-order chi connectivity index (χ1) is 8.27. The summed E-state index contributed by atoms with van der Waals surface area (Å²) >= 11 is 3.33. The van der Waals surface area contributed by atoms with Crippen LogP contribution in [0.2, 0.25) is 0 Å². The lowest BCUT2D eigenvalue weighted by Gasteiger charge is -2.18. The second kappa shape index (κ2) is 6.04. The summed E-state index contributed by atoms with van der Waals surface area (Å²) in [5.41, 5.74) is 0.545. The number of aliphatic hydroxyl groups is 1. The summed E-state index contributed by atoms with van der Waals surface area (Å²) in [6.45, 7) is 3.91. The van der Waals surface area contributed by atoms with Crippen LogP contribution in [-0.4, -0.2) is 31.6 Å². The molecule has 0 aromatic heterocycles. The van der Waals surface area contributed by atoms with E-state index in [0.29, 0.717) is 22.4 Å². The molecule has 0 aliphatic rings. The fourth-order valence-electron chi connectivity index (χ4n) is 1.48. The summed E-state index contributed by atoms with van der Waals surface area (Å²) in [5.74, 6) is 0.667. The van der Waals surface area contributed by atoms with Crippen LogP contribution < -0.4 is 4.74 Å². The molecule has 0 spiro atoms. The van der Waals surface area contributed by atoms with Gasteiger partial charge in [-0.3, -0.25) is 0 Å². The summed E-state index contributed by atoms with van der Waals surface area (Å²) in [4.78, 5) is 0. The summed E-state index contributed by atoms with van der Waals surface area (Å²) in [6, 6.07) is 5.06. The van der Waals surface area contributed by atoms with Crippen LogP contribution in [0.15, 0.2) is 22.7 Å². The normalized spacial score (nSPS) is 15.2. The Hall–Kier alpha value is -0.590. The van der Waals surface area contributed by atoms with Crippen LogP contribution in [0.25, 0.3) is 0 Å². The monoisotopic (exact) mass is 336 g/mol. The van der Waals surface area contributed by atoms with E-state index in [1.54, 1.807) is 18.2 Å². The van der Waals surface area contributed by atoms with Crippen molar-refractivity contribution in [1.29, 1.82) is 0 Å². The van der Waals surface area contributed by atoms with E-state index < -0.39 is 21.2 Å². The number of aliphatic hydroxyl groups excluding tert-OH is 1. The van der Waals surface area contributed by atoms with E-state index in [1.807, 2.05) is 6.92 Å². The molecule has 0 bridgehead atoms. The predicted octanol–water partition coefficient (Wildman–Crippen LogP) is 2.31. The SMILES string of the molecule is CCOc1ccc(C(O)C(C)S(C)(=O)=O)cc1Br. The second-order valence-corrected chi connectivity index (χ2v) is 7.36. The summed E-state index contributed by atoms with van der Waals surface area (Å²) in [5, 5.41) is 9.18. The number of hydrogen-bond donors (Lipinski definition) is 1. The van der Waals surface area contributed by atoms with Crippen molar-refractivity contribution < 1.29 is 18.3 Å². The van der Waals surface area contributed by atoms with Crippen LogP contribution in [-0.2, 0) is 9.84 Å². The van der Waals surface area contributed by atoms with E-state index in [0.717, 1.165) is 6.26 Å². The molecule has 18 heavy (non-hydrogen) atoms. The highest BCUT2D eigenvalue weighted by Crippen LogP contribution is 2.30. The van der Waals surface area contributed by atoms with Crippen LogP contribution in [0, 0.1) is 0 Å². The number of hydrogen-bond acceptors (Lipinski definition) is 4. The molecule has 102 valence electrons. The molecule has 1 aromatic carbocycles. The minimum absolute atomic E-state index is 0.542. The fraction of sp³-hybridized carbons (Fsp3) is 0.500. The molecule has 0 aliphatic heterocycles. The van der Waals surface area contributed by atoms with Crippen molar-refractivity contribution in [3.63, 3.8) is 0 Å².